The summed E-state index contributed by atoms with van der Waals surface area (Å²) in [7, 11) is 0. The van der Waals surface area contributed by atoms with E-state index in [2.05, 4.69) is 85.9 Å². The number of carboxylic acid groups (broad SMARTS) is 1. The van der Waals surface area contributed by atoms with Crippen molar-refractivity contribution in [1.82, 2.24) is 0 Å². The molecular formula is C38H28O2S4. The Morgan fingerprint density at radius 1 is 0.477 bits per heavy atom. The van der Waals surface area contributed by atoms with E-state index in [0.29, 0.717) is 0 Å². The lowest BCUT2D eigenvalue weighted by atomic mass is 9.64. The molecule has 0 saturated carbocycles. The molecule has 0 radical (unpaired) electrons. The minimum atomic E-state index is -0.976. The summed E-state index contributed by atoms with van der Waals surface area (Å²) in [5.41, 5.74) is 7.23. The highest BCUT2D eigenvalue weighted by atomic mass is 32.1. The fourth-order valence-electron chi connectivity index (χ4n) is 5.82. The summed E-state index contributed by atoms with van der Waals surface area (Å²) >= 11 is 19.1. The van der Waals surface area contributed by atoms with Crippen LogP contribution in [0, 0.1) is 0 Å². The molecule has 6 aromatic rings. The van der Waals surface area contributed by atoms with Crippen LogP contribution in [-0.4, -0.2) is 11.1 Å². The number of aromatic carboxylic acids is 1. The lowest BCUT2D eigenvalue weighted by molar-refractivity contribution is 0.0697. The third kappa shape index (κ3) is 5.71. The van der Waals surface area contributed by atoms with Crippen molar-refractivity contribution < 1.29 is 9.90 Å². The van der Waals surface area contributed by atoms with E-state index in [9.17, 15) is 9.90 Å². The van der Waals surface area contributed by atoms with Crippen molar-refractivity contribution in [2.45, 2.75) is 25.0 Å². The molecule has 0 aliphatic heterocycles. The third-order valence-electron chi connectivity index (χ3n) is 7.97. The summed E-state index contributed by atoms with van der Waals surface area (Å²) in [5.74, 6) is -0.976. The Hall–Kier alpha value is -3.81. The molecule has 0 saturated heterocycles. The Kier molecular flexibility index (Phi) is 8.70. The van der Waals surface area contributed by atoms with Crippen LogP contribution in [0.4, 0.5) is 0 Å². The molecule has 6 heteroatoms. The van der Waals surface area contributed by atoms with Crippen LogP contribution in [0.3, 0.4) is 0 Å². The molecule has 0 fully saturated rings. The standard InChI is InChI=1S/C38H28O2S4/c39-37(40)26-6-14-30(15-7-26)38(29-4-2-1-3-5-29,33-22-27(12-20-35(33)43)24-8-16-31(41)17-9-24)34-23-28(13-21-36(34)44)25-10-18-32(42)19-11-25/h1-23,41-44H,(H,39,40). The zero-order valence-corrected chi connectivity index (χ0v) is 27.0. The maximum Gasteiger partial charge on any atom is 0.335 e. The molecule has 0 heterocycles. The van der Waals surface area contributed by atoms with E-state index in [1.807, 2.05) is 66.7 Å². The van der Waals surface area contributed by atoms with Crippen LogP contribution < -0.4 is 0 Å². The van der Waals surface area contributed by atoms with Crippen molar-refractivity contribution in [3.63, 3.8) is 0 Å². The van der Waals surface area contributed by atoms with E-state index < -0.39 is 11.4 Å². The lowest BCUT2D eigenvalue weighted by Gasteiger charge is -2.39. The van der Waals surface area contributed by atoms with Gasteiger partial charge in [-0.1, -0.05) is 78.9 Å². The first-order valence-electron chi connectivity index (χ1n) is 13.9. The zero-order chi connectivity index (χ0) is 30.8. The second-order valence-corrected chi connectivity index (χ2v) is 12.6. The average Bonchev–Trinajstić information content (AvgIpc) is 3.04. The summed E-state index contributed by atoms with van der Waals surface area (Å²) in [5, 5.41) is 9.75. The summed E-state index contributed by atoms with van der Waals surface area (Å²) in [6, 6.07) is 46.1. The van der Waals surface area contributed by atoms with Gasteiger partial charge in [0.1, 0.15) is 0 Å². The van der Waals surface area contributed by atoms with E-state index >= 15 is 0 Å². The minimum Gasteiger partial charge on any atom is -0.478 e. The van der Waals surface area contributed by atoms with Gasteiger partial charge in [-0.15, -0.1) is 50.5 Å². The highest BCUT2D eigenvalue weighted by Gasteiger charge is 2.41. The molecule has 2 nitrogen and oxygen atoms in total. The monoisotopic (exact) mass is 644 g/mol. The lowest BCUT2D eigenvalue weighted by Crippen LogP contribution is -2.32. The Bertz CT molecular complexity index is 1860. The molecular weight excluding hydrogens is 617 g/mol. The summed E-state index contributed by atoms with van der Waals surface area (Å²) in [6.45, 7) is 0. The molecule has 44 heavy (non-hydrogen) atoms. The van der Waals surface area contributed by atoms with Gasteiger partial charge in [0.25, 0.3) is 0 Å². The number of hydrogen-bond acceptors (Lipinski definition) is 5. The normalized spacial score (nSPS) is 11.4. The topological polar surface area (TPSA) is 37.3 Å². The minimum absolute atomic E-state index is 0.217. The van der Waals surface area contributed by atoms with E-state index in [0.717, 1.165) is 64.1 Å². The number of thiol groups is 4. The average molecular weight is 645 g/mol. The number of rotatable bonds is 7. The molecule has 0 aliphatic rings. The Labute approximate surface area is 279 Å². The van der Waals surface area contributed by atoms with Gasteiger partial charge < -0.3 is 5.11 Å². The van der Waals surface area contributed by atoms with E-state index in [4.69, 9.17) is 25.3 Å². The zero-order valence-electron chi connectivity index (χ0n) is 23.4. The number of carbonyl (C=O) groups is 1. The Morgan fingerprint density at radius 3 is 1.32 bits per heavy atom. The molecule has 0 aromatic heterocycles. The molecule has 216 valence electrons. The smallest absolute Gasteiger partial charge is 0.335 e. The van der Waals surface area contributed by atoms with E-state index in [1.54, 1.807) is 12.1 Å². The highest BCUT2D eigenvalue weighted by Crippen LogP contribution is 2.50. The SMILES string of the molecule is O=C(O)c1ccc(C(c2ccccc2)(c2cc(-c3ccc(S)cc3)ccc2S)c2cc(-c3ccc(S)cc3)ccc2S)cc1. The summed E-state index contributed by atoms with van der Waals surface area (Å²) in [4.78, 5) is 15.3. The quantitative estimate of drug-likeness (QED) is 0.0886. The Balaban J connectivity index is 1.73. The van der Waals surface area contributed by atoms with Gasteiger partial charge in [-0.25, -0.2) is 4.79 Å². The third-order valence-corrected chi connectivity index (χ3v) is 9.35. The number of hydrogen-bond donors (Lipinski definition) is 5. The van der Waals surface area contributed by atoms with Gasteiger partial charge in [0, 0.05) is 19.6 Å². The molecule has 6 aromatic carbocycles. The van der Waals surface area contributed by atoms with Crippen molar-refractivity contribution in [2.24, 2.45) is 0 Å². The van der Waals surface area contributed by atoms with Crippen molar-refractivity contribution in [2.75, 3.05) is 0 Å². The molecule has 6 rings (SSSR count). The first kappa shape index (κ1) is 30.2. The molecule has 0 unspecified atom stereocenters. The summed E-state index contributed by atoms with van der Waals surface area (Å²) in [6.07, 6.45) is 0. The largest absolute Gasteiger partial charge is 0.478 e. The molecule has 0 bridgehead atoms. The Morgan fingerprint density at radius 2 is 0.886 bits per heavy atom. The van der Waals surface area contributed by atoms with Crippen LogP contribution in [0.25, 0.3) is 22.3 Å². The first-order valence-corrected chi connectivity index (χ1v) is 15.7. The molecule has 0 aliphatic carbocycles. The van der Waals surface area contributed by atoms with Crippen molar-refractivity contribution in [1.29, 1.82) is 0 Å². The van der Waals surface area contributed by atoms with Crippen LogP contribution in [0.5, 0.6) is 0 Å². The van der Waals surface area contributed by atoms with Crippen molar-refractivity contribution >= 4 is 56.5 Å². The van der Waals surface area contributed by atoms with E-state index in [1.165, 1.54) is 0 Å². The first-order chi connectivity index (χ1) is 21.3. The van der Waals surface area contributed by atoms with Gasteiger partial charge in [-0.05, 0) is 105 Å². The molecule has 0 spiro atoms. The van der Waals surface area contributed by atoms with Gasteiger partial charge >= 0.3 is 5.97 Å². The van der Waals surface area contributed by atoms with Crippen molar-refractivity contribution in [3.05, 3.63) is 167 Å². The number of benzene rings is 6. The van der Waals surface area contributed by atoms with Crippen LogP contribution in [-0.2, 0) is 5.41 Å². The van der Waals surface area contributed by atoms with E-state index in [-0.39, 0.29) is 5.56 Å². The molecule has 0 amide bonds. The summed E-state index contributed by atoms with van der Waals surface area (Å²) < 4.78 is 0. The van der Waals surface area contributed by atoms with Gasteiger partial charge in [-0.3, -0.25) is 0 Å². The van der Waals surface area contributed by atoms with Crippen LogP contribution >= 0.6 is 50.5 Å². The second-order valence-electron chi connectivity index (χ2n) is 10.6. The van der Waals surface area contributed by atoms with Crippen molar-refractivity contribution in [3.8, 4) is 22.3 Å². The molecule has 0 atom stereocenters. The predicted octanol–water partition coefficient (Wildman–Crippen LogP) is 10.3. The van der Waals surface area contributed by atoms with Gasteiger partial charge in [0.05, 0.1) is 11.0 Å². The molecule has 1 N–H and O–H groups in total. The van der Waals surface area contributed by atoms with Crippen LogP contribution in [0.1, 0.15) is 32.6 Å². The fourth-order valence-corrected chi connectivity index (χ4v) is 6.74. The van der Waals surface area contributed by atoms with Crippen LogP contribution in [0.15, 0.2) is 159 Å². The number of carboxylic acids is 1. The second kappa shape index (κ2) is 12.7. The van der Waals surface area contributed by atoms with Gasteiger partial charge in [-0.2, -0.15) is 0 Å². The van der Waals surface area contributed by atoms with Crippen LogP contribution in [0.2, 0.25) is 0 Å². The maximum atomic E-state index is 11.9. The van der Waals surface area contributed by atoms with Gasteiger partial charge in [0.15, 0.2) is 0 Å². The maximum absolute atomic E-state index is 11.9. The predicted molar refractivity (Wildman–Crippen MR) is 192 cm³/mol. The van der Waals surface area contributed by atoms with Gasteiger partial charge in [0.2, 0.25) is 0 Å². The fraction of sp³-hybridized carbons (Fsp3) is 0.0263. The highest BCUT2D eigenvalue weighted by molar-refractivity contribution is 7.80.